The first-order chi connectivity index (χ1) is 7.60. The molecule has 90 valence electrons. The SMILES string of the molecule is CCOC(OCC)c1c(F)cc(C)cc1F. The second kappa shape index (κ2) is 5.92. The van der Waals surface area contributed by atoms with Gasteiger partial charge in [-0.25, -0.2) is 8.78 Å². The molecule has 0 saturated heterocycles. The van der Waals surface area contributed by atoms with Crippen LogP contribution in [-0.4, -0.2) is 13.2 Å². The molecule has 0 amide bonds. The van der Waals surface area contributed by atoms with Crippen LogP contribution in [0.5, 0.6) is 0 Å². The highest BCUT2D eigenvalue weighted by atomic mass is 19.1. The number of rotatable bonds is 5. The van der Waals surface area contributed by atoms with E-state index in [4.69, 9.17) is 9.47 Å². The van der Waals surface area contributed by atoms with Crippen LogP contribution in [0.4, 0.5) is 8.78 Å². The zero-order valence-electron chi connectivity index (χ0n) is 9.72. The smallest absolute Gasteiger partial charge is 0.189 e. The molecule has 1 rings (SSSR count). The van der Waals surface area contributed by atoms with Gasteiger partial charge in [0.2, 0.25) is 0 Å². The number of hydrogen-bond acceptors (Lipinski definition) is 2. The highest BCUT2D eigenvalue weighted by Gasteiger charge is 2.21. The Morgan fingerprint density at radius 2 is 1.50 bits per heavy atom. The van der Waals surface area contributed by atoms with Crippen molar-refractivity contribution in [3.8, 4) is 0 Å². The fourth-order valence-corrected chi connectivity index (χ4v) is 1.45. The Hall–Kier alpha value is -1.00. The van der Waals surface area contributed by atoms with E-state index in [1.54, 1.807) is 20.8 Å². The first-order valence-electron chi connectivity index (χ1n) is 5.28. The normalized spacial score (nSPS) is 11.1. The third-order valence-corrected chi connectivity index (χ3v) is 2.10. The van der Waals surface area contributed by atoms with Gasteiger partial charge < -0.3 is 9.47 Å². The molecule has 0 unspecified atom stereocenters. The zero-order chi connectivity index (χ0) is 12.1. The summed E-state index contributed by atoms with van der Waals surface area (Å²) >= 11 is 0. The molecule has 0 aliphatic heterocycles. The van der Waals surface area contributed by atoms with E-state index in [0.29, 0.717) is 18.8 Å². The fraction of sp³-hybridized carbons (Fsp3) is 0.500. The van der Waals surface area contributed by atoms with E-state index in [2.05, 4.69) is 0 Å². The maximum absolute atomic E-state index is 13.6. The second-order valence-electron chi connectivity index (χ2n) is 3.38. The van der Waals surface area contributed by atoms with Crippen LogP contribution in [0.15, 0.2) is 12.1 Å². The summed E-state index contributed by atoms with van der Waals surface area (Å²) in [6.07, 6.45) is -0.976. The number of hydrogen-bond donors (Lipinski definition) is 0. The third kappa shape index (κ3) is 3.00. The summed E-state index contributed by atoms with van der Waals surface area (Å²) in [5.41, 5.74) is 0.375. The highest BCUT2D eigenvalue weighted by Crippen LogP contribution is 2.26. The highest BCUT2D eigenvalue weighted by molar-refractivity contribution is 5.26. The zero-order valence-corrected chi connectivity index (χ0v) is 9.72. The molecule has 0 atom stereocenters. The van der Waals surface area contributed by atoms with Crippen LogP contribution in [0.3, 0.4) is 0 Å². The van der Waals surface area contributed by atoms with Crippen LogP contribution >= 0.6 is 0 Å². The van der Waals surface area contributed by atoms with Crippen LogP contribution in [0.25, 0.3) is 0 Å². The van der Waals surface area contributed by atoms with Crippen LogP contribution in [0, 0.1) is 18.6 Å². The largest absolute Gasteiger partial charge is 0.348 e. The Labute approximate surface area is 94.2 Å². The quantitative estimate of drug-likeness (QED) is 0.722. The molecule has 0 aliphatic carbocycles. The summed E-state index contributed by atoms with van der Waals surface area (Å²) in [5, 5.41) is 0. The van der Waals surface area contributed by atoms with Gasteiger partial charge in [0.25, 0.3) is 0 Å². The van der Waals surface area contributed by atoms with E-state index >= 15 is 0 Å². The summed E-state index contributed by atoms with van der Waals surface area (Å²) in [5.74, 6) is -1.27. The van der Waals surface area contributed by atoms with Gasteiger partial charge in [-0.05, 0) is 38.5 Å². The molecule has 1 aromatic rings. The first kappa shape index (κ1) is 13.1. The van der Waals surface area contributed by atoms with Crippen LogP contribution in [0.2, 0.25) is 0 Å². The van der Waals surface area contributed by atoms with E-state index in [9.17, 15) is 8.78 Å². The maximum atomic E-state index is 13.6. The molecule has 0 aliphatic rings. The third-order valence-electron chi connectivity index (χ3n) is 2.10. The molecule has 0 spiro atoms. The maximum Gasteiger partial charge on any atom is 0.189 e. The number of benzene rings is 1. The van der Waals surface area contributed by atoms with Gasteiger partial charge in [0, 0.05) is 13.2 Å². The standard InChI is InChI=1S/C12H16F2O2/c1-4-15-12(16-5-2)11-9(13)6-8(3)7-10(11)14/h6-7,12H,4-5H2,1-3H3. The molecular formula is C12H16F2O2. The summed E-state index contributed by atoms with van der Waals surface area (Å²) in [6.45, 7) is 5.78. The van der Waals surface area contributed by atoms with Crippen molar-refractivity contribution in [1.82, 2.24) is 0 Å². The average Bonchev–Trinajstić information content (AvgIpc) is 2.16. The lowest BCUT2D eigenvalue weighted by Gasteiger charge is -2.18. The molecule has 2 nitrogen and oxygen atoms in total. The molecule has 0 heterocycles. The van der Waals surface area contributed by atoms with E-state index in [-0.39, 0.29) is 5.56 Å². The van der Waals surface area contributed by atoms with Crippen molar-refractivity contribution in [2.75, 3.05) is 13.2 Å². The molecule has 0 radical (unpaired) electrons. The van der Waals surface area contributed by atoms with Crippen LogP contribution < -0.4 is 0 Å². The van der Waals surface area contributed by atoms with Crippen molar-refractivity contribution < 1.29 is 18.3 Å². The summed E-state index contributed by atoms with van der Waals surface area (Å²) in [7, 11) is 0. The molecule has 0 bridgehead atoms. The molecule has 16 heavy (non-hydrogen) atoms. The van der Waals surface area contributed by atoms with E-state index in [0.717, 1.165) is 0 Å². The monoisotopic (exact) mass is 230 g/mol. The van der Waals surface area contributed by atoms with Crippen LogP contribution in [0.1, 0.15) is 31.3 Å². The lowest BCUT2D eigenvalue weighted by molar-refractivity contribution is -0.143. The van der Waals surface area contributed by atoms with Crippen molar-refractivity contribution >= 4 is 0 Å². The molecule has 0 fully saturated rings. The Balaban J connectivity index is 3.07. The van der Waals surface area contributed by atoms with Gasteiger partial charge in [-0.15, -0.1) is 0 Å². The minimum absolute atomic E-state index is 0.158. The number of aryl methyl sites for hydroxylation is 1. The van der Waals surface area contributed by atoms with Gasteiger partial charge in [0.05, 0.1) is 5.56 Å². The van der Waals surface area contributed by atoms with Gasteiger partial charge >= 0.3 is 0 Å². The van der Waals surface area contributed by atoms with E-state index < -0.39 is 17.9 Å². The van der Waals surface area contributed by atoms with E-state index in [1.807, 2.05) is 0 Å². The Kier molecular flexibility index (Phi) is 4.83. The van der Waals surface area contributed by atoms with Crippen molar-refractivity contribution in [3.63, 3.8) is 0 Å². The molecule has 0 saturated carbocycles. The molecular weight excluding hydrogens is 214 g/mol. The van der Waals surface area contributed by atoms with Crippen LogP contribution in [-0.2, 0) is 9.47 Å². The van der Waals surface area contributed by atoms with E-state index in [1.165, 1.54) is 12.1 Å². The Bertz CT molecular complexity index is 324. The van der Waals surface area contributed by atoms with Gasteiger partial charge in [-0.1, -0.05) is 0 Å². The Morgan fingerprint density at radius 3 is 1.88 bits per heavy atom. The van der Waals surface area contributed by atoms with Crippen molar-refractivity contribution in [1.29, 1.82) is 0 Å². The summed E-state index contributed by atoms with van der Waals surface area (Å²) in [6, 6.07) is 2.53. The average molecular weight is 230 g/mol. The fourth-order valence-electron chi connectivity index (χ4n) is 1.45. The first-order valence-corrected chi connectivity index (χ1v) is 5.28. The minimum atomic E-state index is -0.976. The number of halogens is 2. The predicted octanol–water partition coefficient (Wildman–Crippen LogP) is 3.34. The van der Waals surface area contributed by atoms with Gasteiger partial charge in [0.1, 0.15) is 11.6 Å². The molecule has 1 aromatic carbocycles. The second-order valence-corrected chi connectivity index (χ2v) is 3.38. The lowest BCUT2D eigenvalue weighted by atomic mass is 10.1. The molecule has 0 N–H and O–H groups in total. The van der Waals surface area contributed by atoms with Crippen molar-refractivity contribution in [3.05, 3.63) is 34.9 Å². The number of ether oxygens (including phenoxy) is 2. The van der Waals surface area contributed by atoms with Crippen molar-refractivity contribution in [2.24, 2.45) is 0 Å². The predicted molar refractivity (Wildman–Crippen MR) is 57.1 cm³/mol. The Morgan fingerprint density at radius 1 is 1.06 bits per heavy atom. The van der Waals surface area contributed by atoms with Gasteiger partial charge in [0.15, 0.2) is 6.29 Å². The topological polar surface area (TPSA) is 18.5 Å². The molecule has 4 heteroatoms. The minimum Gasteiger partial charge on any atom is -0.348 e. The van der Waals surface area contributed by atoms with Gasteiger partial charge in [-0.3, -0.25) is 0 Å². The lowest BCUT2D eigenvalue weighted by Crippen LogP contribution is -2.13. The summed E-state index contributed by atoms with van der Waals surface area (Å²) < 4.78 is 37.6. The van der Waals surface area contributed by atoms with Crippen molar-refractivity contribution in [2.45, 2.75) is 27.1 Å². The molecule has 0 aromatic heterocycles. The summed E-state index contributed by atoms with van der Waals surface area (Å²) in [4.78, 5) is 0. The van der Waals surface area contributed by atoms with Gasteiger partial charge in [-0.2, -0.15) is 0 Å².